The third-order valence-electron chi connectivity index (χ3n) is 2.33. The van der Waals surface area contributed by atoms with Crippen molar-refractivity contribution in [3.63, 3.8) is 0 Å². The zero-order chi connectivity index (χ0) is 12.5. The van der Waals surface area contributed by atoms with Crippen molar-refractivity contribution in [3.05, 3.63) is 48.5 Å². The van der Waals surface area contributed by atoms with E-state index in [9.17, 15) is 8.42 Å². The fourth-order valence-corrected chi connectivity index (χ4v) is 2.56. The Morgan fingerprint density at radius 3 is 2.17 bits per heavy atom. The molecule has 0 saturated heterocycles. The summed E-state index contributed by atoms with van der Waals surface area (Å²) < 4.78 is 22.5. The third kappa shape index (κ3) is 3.58. The van der Waals surface area contributed by atoms with Crippen molar-refractivity contribution in [1.29, 1.82) is 0 Å². The monoisotopic (exact) mass is 348 g/mol. The van der Waals surface area contributed by atoms with Gasteiger partial charge in [-0.15, -0.1) is 12.6 Å². The molecule has 0 aliphatic rings. The molecule has 0 amide bonds. The Kier molecular flexibility index (Phi) is 5.41. The van der Waals surface area contributed by atoms with Crippen LogP contribution < -0.4 is 0 Å². The molecular formula is C12H9ClO2S2Zn. The summed E-state index contributed by atoms with van der Waals surface area (Å²) in [6, 6.07) is 14.0. The van der Waals surface area contributed by atoms with Crippen LogP contribution in [-0.4, -0.2) is 8.42 Å². The molecule has 0 unspecified atom stereocenters. The first-order chi connectivity index (χ1) is 7.98. The molecule has 0 aliphatic heterocycles. The predicted octanol–water partition coefficient (Wildman–Crippen LogP) is 3.57. The van der Waals surface area contributed by atoms with E-state index in [0.717, 1.165) is 11.1 Å². The second kappa shape index (κ2) is 6.20. The standard InChI is InChI=1S/C12H9ClO2S2.Zn/c13-17(14,15)10-6-7-12(16)11(8-10)9-4-2-1-3-5-9;/h1-8,16H;. The van der Waals surface area contributed by atoms with E-state index in [2.05, 4.69) is 12.6 Å². The second-order valence-electron chi connectivity index (χ2n) is 3.48. The van der Waals surface area contributed by atoms with Crippen molar-refractivity contribution in [3.8, 4) is 11.1 Å². The minimum absolute atomic E-state index is 0. The van der Waals surface area contributed by atoms with Gasteiger partial charge in [-0.3, -0.25) is 0 Å². The van der Waals surface area contributed by atoms with E-state index in [0.29, 0.717) is 4.90 Å². The summed E-state index contributed by atoms with van der Waals surface area (Å²) in [4.78, 5) is 0.788. The normalized spacial score (nSPS) is 10.8. The Hall–Kier alpha value is -0.347. The number of hydrogen-bond acceptors (Lipinski definition) is 3. The summed E-state index contributed by atoms with van der Waals surface area (Å²) in [7, 11) is 1.61. The molecule has 90 valence electrons. The topological polar surface area (TPSA) is 34.1 Å². The molecule has 0 heterocycles. The van der Waals surface area contributed by atoms with Gasteiger partial charge in [0.15, 0.2) is 0 Å². The van der Waals surface area contributed by atoms with Crippen LogP contribution in [0.4, 0.5) is 0 Å². The van der Waals surface area contributed by atoms with E-state index in [-0.39, 0.29) is 24.4 Å². The van der Waals surface area contributed by atoms with Gasteiger partial charge in [-0.1, -0.05) is 30.3 Å². The van der Waals surface area contributed by atoms with Gasteiger partial charge in [0.05, 0.1) is 4.90 Å². The van der Waals surface area contributed by atoms with Crippen molar-refractivity contribution in [2.45, 2.75) is 9.79 Å². The van der Waals surface area contributed by atoms with E-state index in [4.69, 9.17) is 10.7 Å². The van der Waals surface area contributed by atoms with Gasteiger partial charge >= 0.3 is 0 Å². The molecule has 0 spiro atoms. The van der Waals surface area contributed by atoms with Crippen molar-refractivity contribution in [2.24, 2.45) is 0 Å². The molecule has 2 rings (SSSR count). The zero-order valence-electron chi connectivity index (χ0n) is 9.38. The molecule has 0 fully saturated rings. The Bertz CT molecular complexity index is 642. The van der Waals surface area contributed by atoms with Crippen molar-refractivity contribution in [2.75, 3.05) is 0 Å². The second-order valence-corrected chi connectivity index (χ2v) is 6.53. The van der Waals surface area contributed by atoms with Crippen LogP contribution in [0.1, 0.15) is 0 Å². The molecule has 2 aromatic rings. The first kappa shape index (κ1) is 15.7. The van der Waals surface area contributed by atoms with Gasteiger partial charge < -0.3 is 0 Å². The maximum absolute atomic E-state index is 11.3. The summed E-state index contributed by atoms with van der Waals surface area (Å²) >= 11 is 4.31. The van der Waals surface area contributed by atoms with Crippen LogP contribution in [0.15, 0.2) is 58.3 Å². The Balaban J connectivity index is 0.00000162. The average molecular weight is 350 g/mol. The molecule has 2 aromatic carbocycles. The van der Waals surface area contributed by atoms with Crippen LogP contribution in [0.2, 0.25) is 0 Å². The van der Waals surface area contributed by atoms with Crippen LogP contribution in [0, 0.1) is 0 Å². The van der Waals surface area contributed by atoms with E-state index >= 15 is 0 Å². The number of hydrogen-bond donors (Lipinski definition) is 1. The number of halogens is 1. The SMILES string of the molecule is O=S(=O)(Cl)c1ccc(S)c(-c2ccccc2)c1.[Zn]. The number of benzene rings is 2. The zero-order valence-corrected chi connectivity index (χ0v) is 14.8. The fraction of sp³-hybridized carbons (Fsp3) is 0. The van der Waals surface area contributed by atoms with E-state index < -0.39 is 9.05 Å². The first-order valence-electron chi connectivity index (χ1n) is 4.81. The fourth-order valence-electron chi connectivity index (χ4n) is 1.52. The van der Waals surface area contributed by atoms with Crippen LogP contribution in [0.3, 0.4) is 0 Å². The van der Waals surface area contributed by atoms with Gasteiger partial charge in [0, 0.05) is 35.1 Å². The van der Waals surface area contributed by atoms with E-state index in [1.54, 1.807) is 6.07 Å². The molecule has 0 atom stereocenters. The van der Waals surface area contributed by atoms with Crippen LogP contribution in [0.25, 0.3) is 11.1 Å². The smallest absolute Gasteiger partial charge is 0.207 e. The molecule has 6 heteroatoms. The third-order valence-corrected chi connectivity index (χ3v) is 4.08. The molecule has 18 heavy (non-hydrogen) atoms. The van der Waals surface area contributed by atoms with Crippen molar-refractivity contribution >= 4 is 32.4 Å². The quantitative estimate of drug-likeness (QED) is 0.511. The Morgan fingerprint density at radius 2 is 1.61 bits per heavy atom. The van der Waals surface area contributed by atoms with E-state index in [1.165, 1.54) is 12.1 Å². The van der Waals surface area contributed by atoms with Gasteiger partial charge in [0.2, 0.25) is 0 Å². The summed E-state index contributed by atoms with van der Waals surface area (Å²) in [5, 5.41) is 0. The van der Waals surface area contributed by atoms with Crippen LogP contribution >= 0.6 is 23.3 Å². The number of thiol groups is 1. The maximum atomic E-state index is 11.3. The Labute approximate surface area is 129 Å². The summed E-state index contributed by atoms with van der Waals surface area (Å²) in [6.45, 7) is 0. The minimum Gasteiger partial charge on any atom is -0.207 e. The molecule has 0 bridgehead atoms. The Morgan fingerprint density at radius 1 is 1.00 bits per heavy atom. The van der Waals surface area contributed by atoms with Gasteiger partial charge in [0.1, 0.15) is 0 Å². The largest absolute Gasteiger partial charge is 0.261 e. The molecule has 0 N–H and O–H groups in total. The molecular weight excluding hydrogens is 341 g/mol. The first-order valence-corrected chi connectivity index (χ1v) is 7.57. The van der Waals surface area contributed by atoms with Crippen molar-refractivity contribution < 1.29 is 27.9 Å². The van der Waals surface area contributed by atoms with Gasteiger partial charge in [-0.05, 0) is 29.3 Å². The molecule has 0 aliphatic carbocycles. The number of rotatable bonds is 2. The van der Waals surface area contributed by atoms with E-state index in [1.807, 2.05) is 30.3 Å². The predicted molar refractivity (Wildman–Crippen MR) is 72.2 cm³/mol. The summed E-state index contributed by atoms with van der Waals surface area (Å²) in [5.41, 5.74) is 1.65. The summed E-state index contributed by atoms with van der Waals surface area (Å²) in [6.07, 6.45) is 0. The molecule has 2 nitrogen and oxygen atoms in total. The van der Waals surface area contributed by atoms with Gasteiger partial charge in [-0.2, -0.15) is 0 Å². The minimum atomic E-state index is -3.71. The molecule has 0 radical (unpaired) electrons. The van der Waals surface area contributed by atoms with Gasteiger partial charge in [0.25, 0.3) is 9.05 Å². The average Bonchev–Trinajstić information content (AvgIpc) is 2.29. The molecule has 0 saturated carbocycles. The van der Waals surface area contributed by atoms with Crippen LogP contribution in [0.5, 0.6) is 0 Å². The maximum Gasteiger partial charge on any atom is 0.261 e. The van der Waals surface area contributed by atoms with Crippen LogP contribution in [-0.2, 0) is 28.5 Å². The van der Waals surface area contributed by atoms with Gasteiger partial charge in [-0.25, -0.2) is 8.42 Å². The molecule has 0 aromatic heterocycles. The van der Waals surface area contributed by atoms with Crippen molar-refractivity contribution in [1.82, 2.24) is 0 Å². The summed E-state index contributed by atoms with van der Waals surface area (Å²) in [5.74, 6) is 0.